The molecule has 0 bridgehead atoms. The molecule has 9 heavy (non-hydrogen) atoms. The quantitative estimate of drug-likeness (QED) is 0.275. The molecule has 0 aliphatic heterocycles. The summed E-state index contributed by atoms with van der Waals surface area (Å²) in [5.41, 5.74) is 0. The maximum absolute atomic E-state index is 10.1. The molecule has 3 nitrogen and oxygen atoms in total. The molecule has 0 aliphatic carbocycles. The second-order valence-electron chi connectivity index (χ2n) is 1.16. The number of aliphatic hydroxyl groups is 1. The number of rotatable bonds is 3. The third kappa shape index (κ3) is 9.29. The molecule has 0 rings (SSSR count). The van der Waals surface area contributed by atoms with Crippen LogP contribution in [0.1, 0.15) is 0 Å². The Morgan fingerprint density at radius 1 is 1.89 bits per heavy atom. The summed E-state index contributed by atoms with van der Waals surface area (Å²) in [7, 11) is -0.0610. The van der Waals surface area contributed by atoms with E-state index in [1.165, 1.54) is 7.11 Å². The van der Waals surface area contributed by atoms with Crippen LogP contribution in [0, 0.1) is 0 Å². The van der Waals surface area contributed by atoms with Crippen LogP contribution in [0.5, 0.6) is 0 Å². The first kappa shape index (κ1) is 12.9. The van der Waals surface area contributed by atoms with Gasteiger partial charge in [-0.2, -0.15) is 0 Å². The third-order valence-electron chi connectivity index (χ3n) is 0.551. The van der Waals surface area contributed by atoms with Gasteiger partial charge in [-0.05, 0) is 5.75 Å². The predicted octanol–water partition coefficient (Wildman–Crippen LogP) is -3.62. The van der Waals surface area contributed by atoms with Gasteiger partial charge in [0.25, 0.3) is 0 Å². The van der Waals surface area contributed by atoms with Crippen LogP contribution < -0.4 is 29.6 Å². The predicted molar refractivity (Wildman–Crippen MR) is 33.3 cm³/mol. The van der Waals surface area contributed by atoms with Crippen molar-refractivity contribution in [2.24, 2.45) is 0 Å². The normalized spacial score (nSPS) is 12.8. The van der Waals surface area contributed by atoms with E-state index in [9.17, 15) is 4.21 Å². The molecule has 0 amide bonds. The van der Waals surface area contributed by atoms with E-state index in [1.54, 1.807) is 0 Å². The number of hydrogen-bond donors (Lipinski definition) is 1. The van der Waals surface area contributed by atoms with Gasteiger partial charge >= 0.3 is 29.6 Å². The van der Waals surface area contributed by atoms with E-state index in [1.807, 2.05) is 0 Å². The van der Waals surface area contributed by atoms with Crippen LogP contribution in [-0.2, 0) is 29.5 Å². The molecular weight excluding hydrogens is 171 g/mol. The molecule has 1 atom stereocenters. The van der Waals surface area contributed by atoms with Gasteiger partial charge in [0, 0.05) is 7.11 Å². The SMILES string of the molecule is COC(O)C[S-](=O)=S.[Na+]. The topological polar surface area (TPSA) is 46.5 Å². The number of aliphatic hydroxyl groups excluding tert-OH is 1. The van der Waals surface area contributed by atoms with Crippen molar-refractivity contribution in [2.45, 2.75) is 6.29 Å². The van der Waals surface area contributed by atoms with Crippen molar-refractivity contribution in [3.63, 3.8) is 0 Å². The Hall–Kier alpha value is 1.29. The average Bonchev–Trinajstić information content (AvgIpc) is 1.65. The Bertz CT molecular complexity index is 116. The largest absolute Gasteiger partial charge is 1.00 e. The monoisotopic (exact) mass is 178 g/mol. The fourth-order valence-corrected chi connectivity index (χ4v) is 0.903. The Kier molecular flexibility index (Phi) is 10.6. The summed E-state index contributed by atoms with van der Waals surface area (Å²) >= 11 is 4.25. The van der Waals surface area contributed by atoms with Crippen LogP contribution in [0.2, 0.25) is 0 Å². The Labute approximate surface area is 82.8 Å². The summed E-state index contributed by atoms with van der Waals surface area (Å²) in [6.45, 7) is 0. The molecule has 0 saturated carbocycles. The molecule has 0 fully saturated rings. The summed E-state index contributed by atoms with van der Waals surface area (Å²) in [5, 5.41) is 8.55. The van der Waals surface area contributed by atoms with Crippen molar-refractivity contribution in [1.82, 2.24) is 0 Å². The van der Waals surface area contributed by atoms with Gasteiger partial charge in [0.1, 0.15) is 6.29 Å². The fraction of sp³-hybridized carbons (Fsp3) is 1.00. The summed E-state index contributed by atoms with van der Waals surface area (Å²) in [6.07, 6.45) is -0.978. The van der Waals surface area contributed by atoms with Crippen molar-refractivity contribution < 1.29 is 43.6 Å². The van der Waals surface area contributed by atoms with Gasteiger partial charge in [0.2, 0.25) is 0 Å². The minimum absolute atomic E-state index is 0. The second-order valence-corrected chi connectivity index (χ2v) is 3.22. The Balaban J connectivity index is 0. The van der Waals surface area contributed by atoms with E-state index in [0.717, 1.165) is 0 Å². The van der Waals surface area contributed by atoms with Gasteiger partial charge in [-0.1, -0.05) is 0 Å². The van der Waals surface area contributed by atoms with Gasteiger partial charge in [-0.25, -0.2) is 20.5 Å². The van der Waals surface area contributed by atoms with E-state index in [0.29, 0.717) is 0 Å². The summed E-state index contributed by atoms with van der Waals surface area (Å²) in [6, 6.07) is 0. The van der Waals surface area contributed by atoms with Crippen LogP contribution in [0.4, 0.5) is 0 Å². The van der Waals surface area contributed by atoms with E-state index >= 15 is 0 Å². The molecule has 0 aromatic heterocycles. The van der Waals surface area contributed by atoms with Gasteiger partial charge in [0.15, 0.2) is 0 Å². The zero-order chi connectivity index (χ0) is 6.57. The number of hydrogen-bond acceptors (Lipinski definition) is 5. The maximum atomic E-state index is 10.1. The average molecular weight is 178 g/mol. The minimum Gasteiger partial charge on any atom is -0.451 e. The maximum Gasteiger partial charge on any atom is 1.00 e. The molecule has 0 spiro atoms. The number of methoxy groups -OCH3 is 1. The molecule has 0 saturated heterocycles. The van der Waals surface area contributed by atoms with Crippen LogP contribution in [0.25, 0.3) is 0 Å². The van der Waals surface area contributed by atoms with Crippen LogP contribution >= 0.6 is 0 Å². The van der Waals surface area contributed by atoms with Gasteiger partial charge in [-0.3, -0.25) is 0 Å². The van der Waals surface area contributed by atoms with Gasteiger partial charge < -0.3 is 14.1 Å². The Morgan fingerprint density at radius 2 is 2.33 bits per heavy atom. The molecule has 0 radical (unpaired) electrons. The van der Waals surface area contributed by atoms with Crippen LogP contribution in [-0.4, -0.2) is 24.3 Å². The van der Waals surface area contributed by atoms with E-state index < -0.39 is 15.6 Å². The molecule has 0 aromatic rings. The van der Waals surface area contributed by atoms with Gasteiger partial charge in [0.05, 0.1) is 0 Å². The number of ether oxygens (including phenoxy) is 1. The van der Waals surface area contributed by atoms with E-state index in [-0.39, 0.29) is 35.3 Å². The molecule has 6 heteroatoms. The van der Waals surface area contributed by atoms with Gasteiger partial charge in [-0.15, -0.1) is 0 Å². The van der Waals surface area contributed by atoms with Crippen LogP contribution in [0.15, 0.2) is 0 Å². The van der Waals surface area contributed by atoms with Crippen molar-refractivity contribution in [3.05, 3.63) is 0 Å². The van der Waals surface area contributed by atoms with Crippen molar-refractivity contribution in [3.8, 4) is 0 Å². The summed E-state index contributed by atoms with van der Waals surface area (Å²) in [4.78, 5) is 0. The first-order chi connectivity index (χ1) is 3.66. The zero-order valence-electron chi connectivity index (χ0n) is 5.36. The van der Waals surface area contributed by atoms with E-state index in [2.05, 4.69) is 15.9 Å². The molecule has 0 heterocycles. The summed E-state index contributed by atoms with van der Waals surface area (Å²) < 4.78 is 14.5. The zero-order valence-corrected chi connectivity index (χ0v) is 9.00. The van der Waals surface area contributed by atoms with Crippen molar-refractivity contribution >= 4 is 20.5 Å². The molecule has 50 valence electrons. The molecule has 0 aliphatic rings. The molecular formula is C3H7NaO3S2. The Morgan fingerprint density at radius 3 is 2.44 bits per heavy atom. The second kappa shape index (κ2) is 7.40. The van der Waals surface area contributed by atoms with Crippen molar-refractivity contribution in [1.29, 1.82) is 0 Å². The van der Waals surface area contributed by atoms with Crippen molar-refractivity contribution in [2.75, 3.05) is 12.9 Å². The standard InChI is InChI=1S/C3H7O3S2.Na/c1-6-3(4)2-8(5)7;/h3-4H,2H2,1H3;/q-1;+1. The molecule has 1 N–H and O–H groups in total. The minimum atomic E-state index is -1.39. The third-order valence-corrected chi connectivity index (χ3v) is 1.52. The fourth-order valence-electron chi connectivity index (χ4n) is 0.184. The first-order valence-corrected chi connectivity index (χ1v) is 4.18. The molecule has 1 unspecified atom stereocenters. The van der Waals surface area contributed by atoms with E-state index in [4.69, 9.17) is 5.11 Å². The molecule has 0 aromatic carbocycles. The summed E-state index contributed by atoms with van der Waals surface area (Å²) in [5.74, 6) is 0.00579. The smallest absolute Gasteiger partial charge is 0.451 e. The first-order valence-electron chi connectivity index (χ1n) is 1.93. The van der Waals surface area contributed by atoms with Crippen LogP contribution in [0.3, 0.4) is 0 Å².